The Morgan fingerprint density at radius 1 is 1.00 bits per heavy atom. The van der Waals surface area contributed by atoms with Gasteiger partial charge in [-0.1, -0.05) is 48.9 Å². The molecule has 1 aromatic heterocycles. The monoisotopic (exact) mass is 256 g/mol. The molecule has 1 atom stereocenters. The van der Waals surface area contributed by atoms with Crippen molar-refractivity contribution >= 4 is 22.6 Å². The first-order valence-corrected chi connectivity index (χ1v) is 6.36. The number of benzene rings is 2. The van der Waals surface area contributed by atoms with E-state index in [-0.39, 0.29) is 5.92 Å². The van der Waals surface area contributed by atoms with Crippen molar-refractivity contribution in [1.29, 1.82) is 0 Å². The maximum atomic E-state index is 5.90. The molecule has 18 heavy (non-hydrogen) atoms. The average Bonchev–Trinajstić information content (AvgIpc) is 2.82. The van der Waals surface area contributed by atoms with Gasteiger partial charge < -0.3 is 4.42 Å². The highest BCUT2D eigenvalue weighted by Gasteiger charge is 2.13. The van der Waals surface area contributed by atoms with Gasteiger partial charge in [-0.3, -0.25) is 0 Å². The van der Waals surface area contributed by atoms with Crippen molar-refractivity contribution in [2.75, 3.05) is 0 Å². The molecular formula is C16H13ClO. The van der Waals surface area contributed by atoms with Gasteiger partial charge in [-0.05, 0) is 29.8 Å². The van der Waals surface area contributed by atoms with Crippen LogP contribution in [-0.4, -0.2) is 0 Å². The van der Waals surface area contributed by atoms with Crippen LogP contribution in [0.3, 0.4) is 0 Å². The van der Waals surface area contributed by atoms with Crippen LogP contribution in [0.25, 0.3) is 11.0 Å². The smallest absolute Gasteiger partial charge is 0.134 e. The molecule has 3 rings (SSSR count). The molecule has 0 amide bonds. The van der Waals surface area contributed by atoms with Crippen molar-refractivity contribution in [2.45, 2.75) is 12.8 Å². The lowest BCUT2D eigenvalue weighted by molar-refractivity contribution is 0.532. The number of para-hydroxylation sites is 1. The fourth-order valence-electron chi connectivity index (χ4n) is 2.13. The Morgan fingerprint density at radius 2 is 1.72 bits per heavy atom. The molecule has 90 valence electrons. The third-order valence-corrected chi connectivity index (χ3v) is 3.49. The minimum Gasteiger partial charge on any atom is -0.460 e. The predicted octanol–water partition coefficient (Wildman–Crippen LogP) is 5.24. The fraction of sp³-hybridized carbons (Fsp3) is 0.125. The van der Waals surface area contributed by atoms with E-state index in [2.05, 4.69) is 19.1 Å². The number of hydrogen-bond donors (Lipinski definition) is 0. The van der Waals surface area contributed by atoms with Crippen molar-refractivity contribution in [3.63, 3.8) is 0 Å². The van der Waals surface area contributed by atoms with Gasteiger partial charge in [-0.25, -0.2) is 0 Å². The van der Waals surface area contributed by atoms with E-state index in [1.165, 1.54) is 5.56 Å². The molecular weight excluding hydrogens is 244 g/mol. The summed E-state index contributed by atoms with van der Waals surface area (Å²) in [6.07, 6.45) is 0. The molecule has 0 saturated carbocycles. The summed E-state index contributed by atoms with van der Waals surface area (Å²) >= 11 is 5.90. The number of fused-ring (bicyclic) bond motifs is 1. The van der Waals surface area contributed by atoms with Crippen LogP contribution in [0.4, 0.5) is 0 Å². The summed E-state index contributed by atoms with van der Waals surface area (Å²) in [4.78, 5) is 0. The van der Waals surface area contributed by atoms with E-state index >= 15 is 0 Å². The Kier molecular flexibility index (Phi) is 2.85. The third-order valence-electron chi connectivity index (χ3n) is 3.24. The minimum atomic E-state index is 0.231. The first-order chi connectivity index (χ1) is 8.74. The molecule has 2 aromatic carbocycles. The van der Waals surface area contributed by atoms with Gasteiger partial charge in [0.2, 0.25) is 0 Å². The van der Waals surface area contributed by atoms with E-state index in [1.54, 1.807) is 0 Å². The first kappa shape index (κ1) is 11.4. The Morgan fingerprint density at radius 3 is 2.44 bits per heavy atom. The van der Waals surface area contributed by atoms with Gasteiger partial charge in [0.1, 0.15) is 11.3 Å². The lowest BCUT2D eigenvalue weighted by Gasteiger charge is -2.08. The molecule has 1 nitrogen and oxygen atoms in total. The van der Waals surface area contributed by atoms with Crippen LogP contribution in [0.5, 0.6) is 0 Å². The van der Waals surface area contributed by atoms with Crippen LogP contribution in [-0.2, 0) is 0 Å². The molecule has 2 heteroatoms. The van der Waals surface area contributed by atoms with Crippen molar-refractivity contribution in [2.24, 2.45) is 0 Å². The lowest BCUT2D eigenvalue weighted by atomic mass is 9.99. The van der Waals surface area contributed by atoms with Gasteiger partial charge in [0.05, 0.1) is 0 Å². The topological polar surface area (TPSA) is 13.1 Å². The second-order valence-electron chi connectivity index (χ2n) is 4.46. The lowest BCUT2D eigenvalue weighted by Crippen LogP contribution is -1.93. The SMILES string of the molecule is CC(c1ccc(Cl)cc1)c1cc2ccccc2o1. The van der Waals surface area contributed by atoms with E-state index in [0.29, 0.717) is 0 Å². The van der Waals surface area contributed by atoms with E-state index in [0.717, 1.165) is 21.8 Å². The van der Waals surface area contributed by atoms with Gasteiger partial charge in [-0.15, -0.1) is 0 Å². The van der Waals surface area contributed by atoms with Crippen molar-refractivity contribution in [1.82, 2.24) is 0 Å². The Bertz CT molecular complexity index is 634. The third kappa shape index (κ3) is 2.02. The quantitative estimate of drug-likeness (QED) is 0.611. The molecule has 1 heterocycles. The molecule has 0 radical (unpaired) electrons. The van der Waals surface area contributed by atoms with E-state index in [9.17, 15) is 0 Å². The summed E-state index contributed by atoms with van der Waals surface area (Å²) in [5.41, 5.74) is 2.15. The zero-order chi connectivity index (χ0) is 12.5. The predicted molar refractivity (Wildman–Crippen MR) is 75.2 cm³/mol. The van der Waals surface area contributed by atoms with Crippen molar-refractivity contribution < 1.29 is 4.42 Å². The van der Waals surface area contributed by atoms with Crippen LogP contribution < -0.4 is 0 Å². The number of hydrogen-bond acceptors (Lipinski definition) is 1. The zero-order valence-electron chi connectivity index (χ0n) is 10.1. The number of furan rings is 1. The van der Waals surface area contributed by atoms with Crippen molar-refractivity contribution in [3.8, 4) is 0 Å². The highest BCUT2D eigenvalue weighted by molar-refractivity contribution is 6.30. The highest BCUT2D eigenvalue weighted by atomic mass is 35.5. The van der Waals surface area contributed by atoms with Crippen LogP contribution in [0, 0.1) is 0 Å². The van der Waals surface area contributed by atoms with Gasteiger partial charge in [0.25, 0.3) is 0 Å². The molecule has 0 saturated heterocycles. The largest absolute Gasteiger partial charge is 0.460 e. The molecule has 1 unspecified atom stereocenters. The summed E-state index contributed by atoms with van der Waals surface area (Å²) < 4.78 is 5.88. The molecule has 0 aliphatic heterocycles. The molecule has 0 aliphatic carbocycles. The Labute approximate surface area is 111 Å². The van der Waals surface area contributed by atoms with E-state index in [4.69, 9.17) is 16.0 Å². The normalized spacial score (nSPS) is 12.8. The molecule has 0 bridgehead atoms. The summed E-state index contributed by atoms with van der Waals surface area (Å²) in [5, 5.41) is 1.91. The van der Waals surface area contributed by atoms with Gasteiger partial charge in [0, 0.05) is 16.3 Å². The molecule has 0 aliphatic rings. The average molecular weight is 257 g/mol. The van der Waals surface area contributed by atoms with E-state index < -0.39 is 0 Å². The fourth-order valence-corrected chi connectivity index (χ4v) is 2.26. The molecule has 0 fully saturated rings. The van der Waals surface area contributed by atoms with Crippen LogP contribution in [0.1, 0.15) is 24.2 Å². The molecule has 3 aromatic rings. The second-order valence-corrected chi connectivity index (χ2v) is 4.90. The van der Waals surface area contributed by atoms with Gasteiger partial charge >= 0.3 is 0 Å². The van der Waals surface area contributed by atoms with Crippen LogP contribution >= 0.6 is 11.6 Å². The van der Waals surface area contributed by atoms with Gasteiger partial charge in [-0.2, -0.15) is 0 Å². The zero-order valence-corrected chi connectivity index (χ0v) is 10.8. The van der Waals surface area contributed by atoms with Crippen LogP contribution in [0.15, 0.2) is 59.0 Å². The number of rotatable bonds is 2. The van der Waals surface area contributed by atoms with Crippen LogP contribution in [0.2, 0.25) is 5.02 Å². The Balaban J connectivity index is 2.00. The summed E-state index contributed by atoms with van der Waals surface area (Å²) in [6.45, 7) is 2.14. The van der Waals surface area contributed by atoms with E-state index in [1.807, 2.05) is 42.5 Å². The summed E-state index contributed by atoms with van der Waals surface area (Å²) in [7, 11) is 0. The summed E-state index contributed by atoms with van der Waals surface area (Å²) in [5.74, 6) is 1.22. The highest BCUT2D eigenvalue weighted by Crippen LogP contribution is 2.30. The van der Waals surface area contributed by atoms with Gasteiger partial charge in [0.15, 0.2) is 0 Å². The molecule has 0 N–H and O–H groups in total. The number of halogens is 1. The minimum absolute atomic E-state index is 0.231. The maximum absolute atomic E-state index is 5.90. The van der Waals surface area contributed by atoms with Crippen molar-refractivity contribution in [3.05, 3.63) is 70.9 Å². The Hall–Kier alpha value is -1.73. The second kappa shape index (κ2) is 4.51. The molecule has 0 spiro atoms. The standard InChI is InChI=1S/C16H13ClO/c1-11(12-6-8-14(17)9-7-12)16-10-13-4-2-3-5-15(13)18-16/h2-11H,1H3. The maximum Gasteiger partial charge on any atom is 0.134 e. The summed E-state index contributed by atoms with van der Waals surface area (Å²) in [6, 6.07) is 18.1. The first-order valence-electron chi connectivity index (χ1n) is 5.98.